The highest BCUT2D eigenvalue weighted by Gasteiger charge is 2.17. The molecule has 3 rings (SSSR count). The molecule has 0 N–H and O–H groups in total. The Morgan fingerprint density at radius 3 is 2.56 bits per heavy atom. The molecular formula is C19H19N4O4. The van der Waals surface area contributed by atoms with Crippen LogP contribution in [0.25, 0.3) is 16.6 Å². The van der Waals surface area contributed by atoms with E-state index in [1.54, 1.807) is 31.4 Å². The smallest absolute Gasteiger partial charge is 0.270 e. The largest absolute Gasteiger partial charge is 0.497 e. The van der Waals surface area contributed by atoms with Gasteiger partial charge in [0.15, 0.2) is 0 Å². The molecule has 1 aromatic heterocycles. The molecule has 0 saturated carbocycles. The molecule has 0 amide bonds. The number of non-ortho nitro benzene ring substituents is 1. The molecule has 2 aromatic carbocycles. The Bertz CT molecular complexity index is 1040. The van der Waals surface area contributed by atoms with Gasteiger partial charge in [-0.05, 0) is 50.8 Å². The summed E-state index contributed by atoms with van der Waals surface area (Å²) in [5, 5.41) is 11.3. The predicted molar refractivity (Wildman–Crippen MR) is 102 cm³/mol. The van der Waals surface area contributed by atoms with Crippen molar-refractivity contribution in [1.29, 1.82) is 0 Å². The molecule has 1 radical (unpaired) electrons. The highest BCUT2D eigenvalue weighted by atomic mass is 16.6. The number of nitrogens with zero attached hydrogens (tertiary/aromatic N) is 4. The highest BCUT2D eigenvalue weighted by molar-refractivity contribution is 5.80. The summed E-state index contributed by atoms with van der Waals surface area (Å²) in [4.78, 5) is 30.2. The molecule has 0 aliphatic heterocycles. The molecule has 0 spiro atoms. The SMILES string of the molecule is [CH2]CN(C)Cc1nc2ccc([N+](=O)[O-])cc2c(=O)n1-c1ccc(OC)cc1. The molecule has 0 atom stereocenters. The summed E-state index contributed by atoms with van der Waals surface area (Å²) in [6.45, 7) is 4.78. The summed E-state index contributed by atoms with van der Waals surface area (Å²) in [6.07, 6.45) is 0. The number of nitro benzene ring substituents is 1. The van der Waals surface area contributed by atoms with Crippen LogP contribution in [0, 0.1) is 17.0 Å². The van der Waals surface area contributed by atoms with Gasteiger partial charge in [-0.2, -0.15) is 0 Å². The zero-order chi connectivity index (χ0) is 19.6. The molecule has 0 unspecified atom stereocenters. The molecular weight excluding hydrogens is 348 g/mol. The van der Waals surface area contributed by atoms with Crippen molar-refractivity contribution in [3.63, 3.8) is 0 Å². The first-order valence-corrected chi connectivity index (χ1v) is 8.27. The van der Waals surface area contributed by atoms with Crippen molar-refractivity contribution in [3.05, 3.63) is 75.7 Å². The topological polar surface area (TPSA) is 90.5 Å². The lowest BCUT2D eigenvalue weighted by atomic mass is 10.2. The number of benzene rings is 2. The fourth-order valence-electron chi connectivity index (χ4n) is 2.76. The van der Waals surface area contributed by atoms with Crippen LogP contribution in [-0.4, -0.2) is 40.1 Å². The molecule has 0 aliphatic carbocycles. The Morgan fingerprint density at radius 1 is 1.26 bits per heavy atom. The quantitative estimate of drug-likeness (QED) is 0.491. The normalized spacial score (nSPS) is 11.1. The minimum absolute atomic E-state index is 0.148. The molecule has 1 heterocycles. The van der Waals surface area contributed by atoms with E-state index in [-0.39, 0.29) is 16.6 Å². The molecule has 0 fully saturated rings. The van der Waals surface area contributed by atoms with Crippen LogP contribution in [0.2, 0.25) is 0 Å². The maximum absolute atomic E-state index is 13.2. The molecule has 0 aliphatic rings. The van der Waals surface area contributed by atoms with E-state index in [0.717, 1.165) is 0 Å². The average molecular weight is 367 g/mol. The number of hydrogen-bond donors (Lipinski definition) is 0. The van der Waals surface area contributed by atoms with Gasteiger partial charge in [0.1, 0.15) is 11.6 Å². The fraction of sp³-hybridized carbons (Fsp3) is 0.211. The summed E-state index contributed by atoms with van der Waals surface area (Å²) in [6, 6.07) is 11.1. The second-order valence-electron chi connectivity index (χ2n) is 6.06. The summed E-state index contributed by atoms with van der Waals surface area (Å²) in [5.41, 5.74) is 0.517. The van der Waals surface area contributed by atoms with Crippen LogP contribution in [0.3, 0.4) is 0 Å². The van der Waals surface area contributed by atoms with Crippen molar-refractivity contribution in [2.24, 2.45) is 0 Å². The highest BCUT2D eigenvalue weighted by Crippen LogP contribution is 2.20. The van der Waals surface area contributed by atoms with Crippen LogP contribution in [0.15, 0.2) is 47.3 Å². The van der Waals surface area contributed by atoms with Gasteiger partial charge in [0, 0.05) is 12.1 Å². The maximum Gasteiger partial charge on any atom is 0.270 e. The molecule has 139 valence electrons. The number of methoxy groups -OCH3 is 1. The number of aromatic nitrogens is 2. The van der Waals surface area contributed by atoms with Crippen LogP contribution in [0.5, 0.6) is 5.75 Å². The maximum atomic E-state index is 13.2. The van der Waals surface area contributed by atoms with E-state index in [0.29, 0.717) is 35.9 Å². The van der Waals surface area contributed by atoms with Gasteiger partial charge >= 0.3 is 0 Å². The van der Waals surface area contributed by atoms with E-state index in [4.69, 9.17) is 4.74 Å². The zero-order valence-electron chi connectivity index (χ0n) is 15.1. The third-order valence-electron chi connectivity index (χ3n) is 4.26. The Morgan fingerprint density at radius 2 is 1.96 bits per heavy atom. The van der Waals surface area contributed by atoms with Gasteiger partial charge in [0.2, 0.25) is 0 Å². The van der Waals surface area contributed by atoms with Crippen molar-refractivity contribution in [2.45, 2.75) is 6.54 Å². The number of fused-ring (bicyclic) bond motifs is 1. The van der Waals surface area contributed by atoms with Gasteiger partial charge in [0.25, 0.3) is 11.2 Å². The average Bonchev–Trinajstić information content (AvgIpc) is 2.68. The lowest BCUT2D eigenvalue weighted by Gasteiger charge is -2.18. The molecule has 0 bridgehead atoms. The number of ether oxygens (including phenoxy) is 1. The van der Waals surface area contributed by atoms with Crippen LogP contribution >= 0.6 is 0 Å². The van der Waals surface area contributed by atoms with Crippen LogP contribution < -0.4 is 10.3 Å². The van der Waals surface area contributed by atoms with Gasteiger partial charge in [-0.25, -0.2) is 4.98 Å². The molecule has 8 nitrogen and oxygen atoms in total. The first-order chi connectivity index (χ1) is 12.9. The van der Waals surface area contributed by atoms with Crippen LogP contribution in [-0.2, 0) is 6.54 Å². The monoisotopic (exact) mass is 367 g/mol. The van der Waals surface area contributed by atoms with Gasteiger partial charge in [-0.1, -0.05) is 0 Å². The Kier molecular flexibility index (Phi) is 5.18. The summed E-state index contributed by atoms with van der Waals surface area (Å²) >= 11 is 0. The Hall–Kier alpha value is -3.26. The van der Waals surface area contributed by atoms with Gasteiger partial charge in [0.05, 0.1) is 35.2 Å². The van der Waals surface area contributed by atoms with Gasteiger partial charge in [-0.3, -0.25) is 24.4 Å². The zero-order valence-corrected chi connectivity index (χ0v) is 15.1. The summed E-state index contributed by atoms with van der Waals surface area (Å²) in [5.74, 6) is 1.19. The Balaban J connectivity index is 2.28. The fourth-order valence-corrected chi connectivity index (χ4v) is 2.76. The Labute approximate surface area is 155 Å². The number of nitro groups is 1. The molecule has 8 heteroatoms. The van der Waals surface area contributed by atoms with E-state index in [1.807, 2.05) is 11.9 Å². The van der Waals surface area contributed by atoms with E-state index >= 15 is 0 Å². The predicted octanol–water partition coefficient (Wildman–Crippen LogP) is 2.57. The van der Waals surface area contributed by atoms with Crippen LogP contribution in [0.4, 0.5) is 5.69 Å². The van der Waals surface area contributed by atoms with Crippen LogP contribution in [0.1, 0.15) is 5.82 Å². The van der Waals surface area contributed by atoms with E-state index in [9.17, 15) is 14.9 Å². The minimum Gasteiger partial charge on any atom is -0.497 e. The van der Waals surface area contributed by atoms with E-state index in [1.165, 1.54) is 22.8 Å². The van der Waals surface area contributed by atoms with Crippen molar-refractivity contribution < 1.29 is 9.66 Å². The molecule has 3 aromatic rings. The van der Waals surface area contributed by atoms with Crippen molar-refractivity contribution in [3.8, 4) is 11.4 Å². The van der Waals surface area contributed by atoms with Gasteiger partial charge < -0.3 is 4.74 Å². The number of rotatable bonds is 6. The first-order valence-electron chi connectivity index (χ1n) is 8.27. The standard InChI is InChI=1S/C19H19N4O4/c1-4-21(2)12-18-20-17-10-7-14(23(25)26)11-16(17)19(24)22(18)13-5-8-15(27-3)9-6-13/h5-11H,1,4,12H2,2-3H3. The third kappa shape index (κ3) is 3.65. The second-order valence-corrected chi connectivity index (χ2v) is 6.06. The minimum atomic E-state index is -0.527. The summed E-state index contributed by atoms with van der Waals surface area (Å²) < 4.78 is 6.64. The number of hydrogen-bond acceptors (Lipinski definition) is 6. The summed E-state index contributed by atoms with van der Waals surface area (Å²) in [7, 11) is 3.43. The molecule has 0 saturated heterocycles. The lowest BCUT2D eigenvalue weighted by Crippen LogP contribution is -2.28. The van der Waals surface area contributed by atoms with Crippen molar-refractivity contribution in [2.75, 3.05) is 20.7 Å². The van der Waals surface area contributed by atoms with E-state index in [2.05, 4.69) is 11.9 Å². The third-order valence-corrected chi connectivity index (χ3v) is 4.26. The van der Waals surface area contributed by atoms with Crippen molar-refractivity contribution in [1.82, 2.24) is 14.5 Å². The molecule has 27 heavy (non-hydrogen) atoms. The van der Waals surface area contributed by atoms with Crippen molar-refractivity contribution >= 4 is 16.6 Å². The second kappa shape index (κ2) is 7.55. The van der Waals surface area contributed by atoms with E-state index < -0.39 is 4.92 Å². The first kappa shape index (κ1) is 18.5. The lowest BCUT2D eigenvalue weighted by molar-refractivity contribution is -0.384. The van der Waals surface area contributed by atoms with Gasteiger partial charge in [-0.15, -0.1) is 0 Å².